The molecule has 0 spiro atoms. The molecule has 0 saturated heterocycles. The lowest BCUT2D eigenvalue weighted by atomic mass is 10.2. The predicted octanol–water partition coefficient (Wildman–Crippen LogP) is 4.22. The van der Waals surface area contributed by atoms with Crippen molar-refractivity contribution in [1.82, 2.24) is 9.78 Å². The number of fused-ring (bicyclic) bond motifs is 1. The minimum atomic E-state index is -0.132. The van der Waals surface area contributed by atoms with Crippen molar-refractivity contribution < 1.29 is 4.79 Å². The van der Waals surface area contributed by atoms with Gasteiger partial charge in [0.25, 0.3) is 5.91 Å². The second kappa shape index (κ2) is 6.39. The van der Waals surface area contributed by atoms with E-state index in [-0.39, 0.29) is 5.91 Å². The molecule has 1 amide bonds. The van der Waals surface area contributed by atoms with Gasteiger partial charge < -0.3 is 5.32 Å². The van der Waals surface area contributed by atoms with Crippen molar-refractivity contribution in [3.63, 3.8) is 0 Å². The van der Waals surface area contributed by atoms with Crippen LogP contribution in [0.1, 0.15) is 28.2 Å². The van der Waals surface area contributed by atoms with Crippen molar-refractivity contribution in [2.45, 2.75) is 19.3 Å². The van der Waals surface area contributed by atoms with Gasteiger partial charge in [-0.1, -0.05) is 30.3 Å². The molecule has 1 aliphatic rings. The maximum Gasteiger partial charge on any atom is 0.276 e. The number of carbonyl (C=O) groups excluding carboxylic acids is 1. The highest BCUT2D eigenvalue weighted by Crippen LogP contribution is 2.28. The fourth-order valence-electron chi connectivity index (χ4n) is 3.15. The molecule has 1 heterocycles. The van der Waals surface area contributed by atoms with Gasteiger partial charge in [0.1, 0.15) is 0 Å². The molecule has 4 nitrogen and oxygen atoms in total. The third-order valence-electron chi connectivity index (χ3n) is 4.27. The van der Waals surface area contributed by atoms with Gasteiger partial charge in [-0.05, 0) is 66.1 Å². The number of hydrogen-bond acceptors (Lipinski definition) is 2. The summed E-state index contributed by atoms with van der Waals surface area (Å²) in [4.78, 5) is 12.8. The topological polar surface area (TPSA) is 46.9 Å². The summed E-state index contributed by atoms with van der Waals surface area (Å²) in [6.45, 7) is 0. The van der Waals surface area contributed by atoms with Crippen molar-refractivity contribution >= 4 is 34.2 Å². The number of amides is 1. The van der Waals surface area contributed by atoms with E-state index in [1.54, 1.807) is 0 Å². The lowest BCUT2D eigenvalue weighted by Gasteiger charge is -2.06. The number of anilines is 1. The first-order valence-electron chi connectivity index (χ1n) is 7.96. The molecule has 3 aromatic rings. The van der Waals surface area contributed by atoms with Crippen LogP contribution >= 0.6 is 22.6 Å². The minimum absolute atomic E-state index is 0.132. The smallest absolute Gasteiger partial charge is 0.276 e. The molecule has 1 aromatic heterocycles. The molecule has 1 aliphatic carbocycles. The highest BCUT2D eigenvalue weighted by atomic mass is 127. The fraction of sp³-hybridized carbons (Fsp3) is 0.158. The Hall–Kier alpha value is -2.15. The van der Waals surface area contributed by atoms with Crippen molar-refractivity contribution in [3.8, 4) is 5.69 Å². The highest BCUT2D eigenvalue weighted by Gasteiger charge is 2.27. The summed E-state index contributed by atoms with van der Waals surface area (Å²) in [6.07, 6.45) is 2.95. The number of benzene rings is 2. The second-order valence-electron chi connectivity index (χ2n) is 5.81. The van der Waals surface area contributed by atoms with E-state index in [1.807, 2.05) is 59.3 Å². The molecule has 0 radical (unpaired) electrons. The third kappa shape index (κ3) is 2.73. The molecule has 0 fully saturated rings. The van der Waals surface area contributed by atoms with Crippen molar-refractivity contribution in [2.75, 3.05) is 5.32 Å². The van der Waals surface area contributed by atoms with E-state index in [9.17, 15) is 4.79 Å². The van der Waals surface area contributed by atoms with Gasteiger partial charge >= 0.3 is 0 Å². The van der Waals surface area contributed by atoms with Gasteiger partial charge in [0.05, 0.1) is 11.4 Å². The first-order valence-corrected chi connectivity index (χ1v) is 9.04. The summed E-state index contributed by atoms with van der Waals surface area (Å²) in [5.74, 6) is -0.132. The zero-order valence-electron chi connectivity index (χ0n) is 13.0. The average molecular weight is 429 g/mol. The lowest BCUT2D eigenvalue weighted by Crippen LogP contribution is -2.15. The van der Waals surface area contributed by atoms with Gasteiger partial charge in [0.15, 0.2) is 5.69 Å². The van der Waals surface area contributed by atoms with E-state index in [0.717, 1.165) is 45.5 Å². The van der Waals surface area contributed by atoms with Crippen LogP contribution in [-0.2, 0) is 12.8 Å². The van der Waals surface area contributed by atoms with Crippen LogP contribution in [0.4, 0.5) is 5.69 Å². The van der Waals surface area contributed by atoms with Gasteiger partial charge in [-0.3, -0.25) is 4.79 Å². The Morgan fingerprint density at radius 3 is 2.58 bits per heavy atom. The van der Waals surface area contributed by atoms with Crippen LogP contribution in [0.5, 0.6) is 0 Å². The molecule has 0 unspecified atom stereocenters. The number of nitrogens with zero attached hydrogens (tertiary/aromatic N) is 2. The van der Waals surface area contributed by atoms with E-state index in [4.69, 9.17) is 0 Å². The molecule has 1 N–H and O–H groups in total. The fourth-order valence-corrected chi connectivity index (χ4v) is 3.67. The molecule has 0 atom stereocenters. The Morgan fingerprint density at radius 1 is 1.04 bits per heavy atom. The number of halogens is 1. The Kier molecular flexibility index (Phi) is 4.10. The summed E-state index contributed by atoms with van der Waals surface area (Å²) in [5, 5.41) is 7.63. The molecule has 4 rings (SSSR count). The summed E-state index contributed by atoms with van der Waals surface area (Å²) < 4.78 is 2.94. The van der Waals surface area contributed by atoms with Gasteiger partial charge in [0, 0.05) is 14.8 Å². The van der Waals surface area contributed by atoms with Crippen LogP contribution in [0.3, 0.4) is 0 Å². The standard InChI is InChI=1S/C19H16IN3O/c20-15-10-4-5-11-16(15)21-19(24)18-14-9-6-12-17(14)23(22-18)13-7-2-1-3-8-13/h1-5,7-8,10-11H,6,9,12H2,(H,21,24). The quantitative estimate of drug-likeness (QED) is 0.634. The molecule has 24 heavy (non-hydrogen) atoms. The van der Waals surface area contributed by atoms with Gasteiger partial charge in [0.2, 0.25) is 0 Å². The zero-order valence-corrected chi connectivity index (χ0v) is 15.2. The van der Waals surface area contributed by atoms with E-state index in [0.29, 0.717) is 5.69 Å². The van der Waals surface area contributed by atoms with E-state index in [1.165, 1.54) is 0 Å². The van der Waals surface area contributed by atoms with Crippen LogP contribution in [0.2, 0.25) is 0 Å². The van der Waals surface area contributed by atoms with Crippen LogP contribution in [0.25, 0.3) is 5.69 Å². The number of carbonyl (C=O) groups is 1. The predicted molar refractivity (Wildman–Crippen MR) is 103 cm³/mol. The molecule has 5 heteroatoms. The summed E-state index contributed by atoms with van der Waals surface area (Å²) in [5.41, 5.74) is 4.62. The van der Waals surface area contributed by atoms with Crippen molar-refractivity contribution in [1.29, 1.82) is 0 Å². The highest BCUT2D eigenvalue weighted by molar-refractivity contribution is 14.1. The third-order valence-corrected chi connectivity index (χ3v) is 5.21. The molecule has 0 aliphatic heterocycles. The number of nitrogens with one attached hydrogen (secondary N) is 1. The zero-order chi connectivity index (χ0) is 16.5. The monoisotopic (exact) mass is 429 g/mol. The summed E-state index contributed by atoms with van der Waals surface area (Å²) in [6, 6.07) is 17.8. The Morgan fingerprint density at radius 2 is 1.79 bits per heavy atom. The van der Waals surface area contributed by atoms with Gasteiger partial charge in [-0.15, -0.1) is 0 Å². The normalized spacial score (nSPS) is 12.9. The van der Waals surface area contributed by atoms with Crippen molar-refractivity contribution in [2.24, 2.45) is 0 Å². The maximum atomic E-state index is 12.8. The molecule has 0 saturated carbocycles. The van der Waals surface area contributed by atoms with Crippen LogP contribution < -0.4 is 5.32 Å². The van der Waals surface area contributed by atoms with E-state index < -0.39 is 0 Å². The maximum absolute atomic E-state index is 12.8. The van der Waals surface area contributed by atoms with Crippen LogP contribution in [0, 0.1) is 3.57 Å². The van der Waals surface area contributed by atoms with E-state index in [2.05, 4.69) is 33.0 Å². The van der Waals surface area contributed by atoms with Crippen molar-refractivity contribution in [3.05, 3.63) is 75.1 Å². The van der Waals surface area contributed by atoms with E-state index >= 15 is 0 Å². The molecular weight excluding hydrogens is 413 g/mol. The number of hydrogen-bond donors (Lipinski definition) is 1. The summed E-state index contributed by atoms with van der Waals surface area (Å²) >= 11 is 2.22. The largest absolute Gasteiger partial charge is 0.320 e. The average Bonchev–Trinajstić information content (AvgIpc) is 3.20. The Bertz CT molecular complexity index is 902. The van der Waals surface area contributed by atoms with Gasteiger partial charge in [-0.2, -0.15) is 5.10 Å². The second-order valence-corrected chi connectivity index (χ2v) is 6.97. The number of para-hydroxylation sites is 2. The van der Waals surface area contributed by atoms with Crippen LogP contribution in [0.15, 0.2) is 54.6 Å². The molecule has 0 bridgehead atoms. The van der Waals surface area contributed by atoms with Gasteiger partial charge in [-0.25, -0.2) is 4.68 Å². The Balaban J connectivity index is 1.72. The van der Waals surface area contributed by atoms with Crippen LogP contribution in [-0.4, -0.2) is 15.7 Å². The SMILES string of the molecule is O=C(Nc1ccccc1I)c1nn(-c2ccccc2)c2c1CCC2. The Labute approximate surface area is 154 Å². The molecule has 2 aromatic carbocycles. The molecular formula is C19H16IN3O. The first kappa shape index (κ1) is 15.4. The lowest BCUT2D eigenvalue weighted by molar-refractivity contribution is 0.102. The molecule has 120 valence electrons. The number of rotatable bonds is 3. The first-order chi connectivity index (χ1) is 11.7. The summed E-state index contributed by atoms with van der Waals surface area (Å²) in [7, 11) is 0. The minimum Gasteiger partial charge on any atom is -0.320 e. The number of aromatic nitrogens is 2.